The van der Waals surface area contributed by atoms with Gasteiger partial charge in [0, 0.05) is 25.0 Å². The summed E-state index contributed by atoms with van der Waals surface area (Å²) in [5, 5.41) is -0.507. The third-order valence-corrected chi connectivity index (χ3v) is 5.26. The van der Waals surface area contributed by atoms with Crippen molar-refractivity contribution in [2.75, 3.05) is 19.1 Å². The van der Waals surface area contributed by atoms with Crippen molar-refractivity contribution in [3.05, 3.63) is 24.1 Å². The van der Waals surface area contributed by atoms with Gasteiger partial charge in [-0.25, -0.2) is 17.8 Å². The van der Waals surface area contributed by atoms with Crippen LogP contribution in [0, 0.1) is 5.82 Å². The average molecular weight is 292 g/mol. The number of halogens is 1. The standard InChI is InChI=1S/C11H17FN2O2S2/c1-4-9(8-17-3)14(2)18(15,16)11-10(12)6-5-7-13-11/h5-7,9H,4,8H2,1-3H3. The molecule has 0 saturated heterocycles. The molecular formula is C11H17FN2O2S2. The number of rotatable bonds is 6. The molecule has 1 rings (SSSR count). The van der Waals surface area contributed by atoms with Crippen LogP contribution in [0.25, 0.3) is 0 Å². The molecule has 1 aromatic rings. The molecule has 0 aliphatic rings. The van der Waals surface area contributed by atoms with E-state index in [-0.39, 0.29) is 6.04 Å². The van der Waals surface area contributed by atoms with Crippen LogP contribution in [-0.2, 0) is 10.0 Å². The molecule has 0 aliphatic carbocycles. The van der Waals surface area contributed by atoms with Crippen LogP contribution in [0.4, 0.5) is 4.39 Å². The molecule has 0 bridgehead atoms. The summed E-state index contributed by atoms with van der Waals surface area (Å²) < 4.78 is 39.2. The Hall–Kier alpha value is -0.660. The van der Waals surface area contributed by atoms with Gasteiger partial charge in [-0.15, -0.1) is 0 Å². The molecule has 1 unspecified atom stereocenters. The van der Waals surface area contributed by atoms with Crippen LogP contribution in [0.5, 0.6) is 0 Å². The van der Waals surface area contributed by atoms with Crippen LogP contribution in [0.3, 0.4) is 0 Å². The van der Waals surface area contributed by atoms with Crippen molar-refractivity contribution in [3.8, 4) is 0 Å². The normalized spacial score (nSPS) is 13.8. The van der Waals surface area contributed by atoms with Crippen molar-refractivity contribution in [2.45, 2.75) is 24.4 Å². The smallest absolute Gasteiger partial charge is 0.241 e. The summed E-state index contributed by atoms with van der Waals surface area (Å²) in [6.07, 6.45) is 3.86. The van der Waals surface area contributed by atoms with Crippen molar-refractivity contribution >= 4 is 21.8 Å². The van der Waals surface area contributed by atoms with Gasteiger partial charge in [-0.1, -0.05) is 6.92 Å². The molecule has 7 heteroatoms. The molecule has 1 atom stereocenters. The maximum Gasteiger partial charge on any atom is 0.263 e. The van der Waals surface area contributed by atoms with Gasteiger partial charge in [0.2, 0.25) is 5.03 Å². The molecule has 1 aromatic heterocycles. The molecule has 0 saturated carbocycles. The second kappa shape index (κ2) is 6.49. The van der Waals surface area contributed by atoms with Crippen molar-refractivity contribution in [1.29, 1.82) is 0 Å². The first-order valence-corrected chi connectivity index (χ1v) is 8.36. The molecule has 0 fully saturated rings. The summed E-state index contributed by atoms with van der Waals surface area (Å²) in [7, 11) is -2.40. The van der Waals surface area contributed by atoms with Gasteiger partial charge in [0.05, 0.1) is 0 Å². The second-order valence-electron chi connectivity index (χ2n) is 3.83. The fourth-order valence-corrected chi connectivity index (χ4v) is 3.90. The molecule has 102 valence electrons. The minimum Gasteiger partial charge on any atom is -0.241 e. The highest BCUT2D eigenvalue weighted by Crippen LogP contribution is 2.20. The van der Waals surface area contributed by atoms with Gasteiger partial charge >= 0.3 is 0 Å². The Morgan fingerprint density at radius 1 is 1.56 bits per heavy atom. The molecule has 0 spiro atoms. The zero-order valence-electron chi connectivity index (χ0n) is 10.6. The molecule has 1 heterocycles. The van der Waals surface area contributed by atoms with Crippen molar-refractivity contribution in [3.63, 3.8) is 0 Å². The molecule has 4 nitrogen and oxygen atoms in total. The van der Waals surface area contributed by atoms with E-state index in [2.05, 4.69) is 4.98 Å². The zero-order chi connectivity index (χ0) is 13.8. The number of hydrogen-bond donors (Lipinski definition) is 0. The van der Waals surface area contributed by atoms with Crippen LogP contribution >= 0.6 is 11.8 Å². The Balaban J connectivity index is 3.10. The lowest BCUT2D eigenvalue weighted by molar-refractivity contribution is 0.380. The summed E-state index contributed by atoms with van der Waals surface area (Å²) in [5.74, 6) is -0.149. The fourth-order valence-electron chi connectivity index (χ4n) is 1.57. The fraction of sp³-hybridized carbons (Fsp3) is 0.545. The average Bonchev–Trinajstić information content (AvgIpc) is 2.35. The first-order valence-electron chi connectivity index (χ1n) is 5.52. The lowest BCUT2D eigenvalue weighted by Gasteiger charge is -2.25. The highest BCUT2D eigenvalue weighted by molar-refractivity contribution is 7.98. The molecule has 0 radical (unpaired) electrons. The van der Waals surface area contributed by atoms with E-state index in [1.54, 1.807) is 11.8 Å². The van der Waals surface area contributed by atoms with E-state index in [4.69, 9.17) is 0 Å². The molecular weight excluding hydrogens is 275 g/mol. The van der Waals surface area contributed by atoms with Crippen LogP contribution in [0.1, 0.15) is 13.3 Å². The Labute approximate surface area is 112 Å². The zero-order valence-corrected chi connectivity index (χ0v) is 12.3. The quantitative estimate of drug-likeness (QED) is 0.804. The Morgan fingerprint density at radius 3 is 2.72 bits per heavy atom. The largest absolute Gasteiger partial charge is 0.263 e. The number of pyridine rings is 1. The van der Waals surface area contributed by atoms with E-state index >= 15 is 0 Å². The molecule has 0 amide bonds. The van der Waals surface area contributed by atoms with E-state index in [0.717, 1.165) is 6.07 Å². The predicted molar refractivity (Wildman–Crippen MR) is 71.6 cm³/mol. The maximum absolute atomic E-state index is 13.5. The van der Waals surface area contributed by atoms with Crippen molar-refractivity contribution in [1.82, 2.24) is 9.29 Å². The van der Waals surface area contributed by atoms with Gasteiger partial charge in [0.25, 0.3) is 10.0 Å². The Kier molecular flexibility index (Phi) is 5.55. The van der Waals surface area contributed by atoms with Crippen LogP contribution in [0.2, 0.25) is 0 Å². The second-order valence-corrected chi connectivity index (χ2v) is 6.65. The van der Waals surface area contributed by atoms with Crippen LogP contribution in [0.15, 0.2) is 23.4 Å². The van der Waals surface area contributed by atoms with Gasteiger partial charge in [-0.2, -0.15) is 16.1 Å². The topological polar surface area (TPSA) is 50.3 Å². The number of nitrogens with zero attached hydrogens (tertiary/aromatic N) is 2. The first kappa shape index (κ1) is 15.4. The van der Waals surface area contributed by atoms with Crippen molar-refractivity contribution < 1.29 is 12.8 Å². The number of sulfonamides is 1. The van der Waals surface area contributed by atoms with Gasteiger partial charge < -0.3 is 0 Å². The van der Waals surface area contributed by atoms with Gasteiger partial charge in [0.1, 0.15) is 0 Å². The minimum atomic E-state index is -3.87. The Bertz CT molecular complexity index is 494. The van der Waals surface area contributed by atoms with E-state index in [1.807, 2.05) is 13.2 Å². The predicted octanol–water partition coefficient (Wildman–Crippen LogP) is 1.98. The minimum absolute atomic E-state index is 0.161. The van der Waals surface area contributed by atoms with E-state index < -0.39 is 20.9 Å². The molecule has 0 aromatic carbocycles. The molecule has 18 heavy (non-hydrogen) atoms. The third kappa shape index (κ3) is 3.21. The molecule has 0 N–H and O–H groups in total. The summed E-state index contributed by atoms with van der Waals surface area (Å²) in [4.78, 5) is 3.64. The summed E-state index contributed by atoms with van der Waals surface area (Å²) in [5.41, 5.74) is 0. The van der Waals surface area contributed by atoms with E-state index in [9.17, 15) is 12.8 Å². The van der Waals surface area contributed by atoms with Crippen LogP contribution in [-0.4, -0.2) is 42.8 Å². The van der Waals surface area contributed by atoms with Gasteiger partial charge in [-0.3, -0.25) is 0 Å². The monoisotopic (exact) mass is 292 g/mol. The van der Waals surface area contributed by atoms with E-state index in [1.165, 1.54) is 23.6 Å². The number of thioether (sulfide) groups is 1. The van der Waals surface area contributed by atoms with Crippen LogP contribution < -0.4 is 0 Å². The number of hydrogen-bond acceptors (Lipinski definition) is 4. The number of aromatic nitrogens is 1. The van der Waals surface area contributed by atoms with E-state index in [0.29, 0.717) is 12.2 Å². The molecule has 0 aliphatic heterocycles. The third-order valence-electron chi connectivity index (χ3n) is 2.69. The highest BCUT2D eigenvalue weighted by Gasteiger charge is 2.30. The maximum atomic E-state index is 13.5. The summed E-state index contributed by atoms with van der Waals surface area (Å²) >= 11 is 1.56. The first-order chi connectivity index (χ1) is 8.45. The summed E-state index contributed by atoms with van der Waals surface area (Å²) in [6, 6.07) is 2.31. The lowest BCUT2D eigenvalue weighted by atomic mass is 10.3. The lowest BCUT2D eigenvalue weighted by Crippen LogP contribution is -2.39. The van der Waals surface area contributed by atoms with Gasteiger partial charge in [0.15, 0.2) is 5.82 Å². The SMILES string of the molecule is CCC(CSC)N(C)S(=O)(=O)c1ncccc1F. The highest BCUT2D eigenvalue weighted by atomic mass is 32.2. The van der Waals surface area contributed by atoms with Crippen molar-refractivity contribution in [2.24, 2.45) is 0 Å². The Morgan fingerprint density at radius 2 is 2.22 bits per heavy atom. The summed E-state index contributed by atoms with van der Waals surface area (Å²) in [6.45, 7) is 1.90. The van der Waals surface area contributed by atoms with Gasteiger partial charge in [-0.05, 0) is 24.8 Å².